The Hall–Kier alpha value is -8.17. The second kappa shape index (κ2) is 22.4. The van der Waals surface area contributed by atoms with E-state index in [2.05, 4.69) is 35.7 Å². The minimum atomic E-state index is -1.12. The minimum Gasteiger partial charge on any atom is -0.475 e. The van der Waals surface area contributed by atoms with Crippen molar-refractivity contribution in [1.29, 1.82) is 0 Å². The van der Waals surface area contributed by atoms with E-state index in [1.54, 1.807) is 0 Å². The largest absolute Gasteiger partial charge is 0.475 e. The quantitative estimate of drug-likeness (QED) is 0.0851. The molecule has 7 aromatic rings. The van der Waals surface area contributed by atoms with Gasteiger partial charge in [0.15, 0.2) is 17.3 Å². The number of ketones is 3. The van der Waals surface area contributed by atoms with Gasteiger partial charge >= 0.3 is 5.97 Å². The summed E-state index contributed by atoms with van der Waals surface area (Å²) in [6, 6.07) is 23.9. The van der Waals surface area contributed by atoms with Crippen LogP contribution in [0.1, 0.15) is 122 Å². The second-order valence-electron chi connectivity index (χ2n) is 20.2. The first kappa shape index (κ1) is 54.6. The predicted molar refractivity (Wildman–Crippen MR) is 270 cm³/mol. The molecule has 78 heavy (non-hydrogen) atoms. The van der Waals surface area contributed by atoms with Crippen LogP contribution >= 0.6 is 0 Å². The maximum Gasteiger partial charge on any atom is 0.375 e. The molecule has 2 heterocycles. The number of aromatic nitrogens is 6. The highest BCUT2D eigenvalue weighted by atomic mass is 19.2. The van der Waals surface area contributed by atoms with E-state index < -0.39 is 64.9 Å². The Kier molecular flexibility index (Phi) is 15.7. The highest BCUT2D eigenvalue weighted by Gasteiger charge is 2.52. The Bertz CT molecular complexity index is 3360. The molecule has 15 nitrogen and oxygen atoms in total. The van der Waals surface area contributed by atoms with E-state index >= 15 is 0 Å². The number of benzene rings is 5. The fraction of sp³-hybridized carbons (Fsp3) is 0.316. The highest BCUT2D eigenvalue weighted by molar-refractivity contribution is 5.97. The first-order chi connectivity index (χ1) is 36.9. The van der Waals surface area contributed by atoms with Crippen molar-refractivity contribution in [1.82, 2.24) is 35.7 Å². The standard InChI is InChI=1S/C22H18F2N4O2.2C12H11F2NO.C10H9N3O2.CH4/c23-12-7-13-14-9-16(14)20(18(29)10-15(13)17(24)8-12)26-22(30)21-25-19(27-28-21)6-11-4-2-1-3-5-11;2*13-5-1-6-7-3-9(7)12(15)11(16)4-8(6)10(14)2-5;14-10(15)9-11-8(12-13-9)6-7-4-2-1-3-5-7;/h1-5,7-8,14,16,20H,6,9-10H2,(H,26,30)(H,25,27,28);2*1-2,7,9,12H,3-4,15H2;1-5H,6H2,(H,14,15)(H,11,12,13);1H4/t14-,16?,20-;2*7-,9?,12-;;/m000../s1. The van der Waals surface area contributed by atoms with Crippen LogP contribution < -0.4 is 16.8 Å². The van der Waals surface area contributed by atoms with Crippen LogP contribution in [0.2, 0.25) is 0 Å². The third-order valence-corrected chi connectivity index (χ3v) is 15.0. The molecular weight excluding hydrogens is 1020 g/mol. The van der Waals surface area contributed by atoms with Gasteiger partial charge in [-0.2, -0.15) is 0 Å². The van der Waals surface area contributed by atoms with Crippen LogP contribution in [0.15, 0.2) is 97.1 Å². The number of nitrogens with one attached hydrogen (secondary N) is 3. The summed E-state index contributed by atoms with van der Waals surface area (Å²) in [6.45, 7) is 0. The third kappa shape index (κ3) is 11.9. The summed E-state index contributed by atoms with van der Waals surface area (Å²) >= 11 is 0. The van der Waals surface area contributed by atoms with Crippen molar-refractivity contribution in [2.75, 3.05) is 0 Å². The van der Waals surface area contributed by atoms with E-state index in [9.17, 15) is 50.3 Å². The van der Waals surface area contributed by atoms with Crippen LogP contribution in [0.5, 0.6) is 0 Å². The van der Waals surface area contributed by atoms with Gasteiger partial charge in [-0.05, 0) is 117 Å². The minimum absolute atomic E-state index is 0. The van der Waals surface area contributed by atoms with E-state index in [0.717, 1.165) is 42.2 Å². The normalized spacial score (nSPS) is 23.4. The van der Waals surface area contributed by atoms with Gasteiger partial charge in [0.05, 0.1) is 18.1 Å². The number of Topliss-reactive ketones (excluding diaryl/α,β-unsaturated/α-hetero) is 3. The summed E-state index contributed by atoms with van der Waals surface area (Å²) in [5.74, 6) is -5.19. The zero-order chi connectivity index (χ0) is 54.4. The summed E-state index contributed by atoms with van der Waals surface area (Å²) in [5.41, 5.74) is 16.3. The molecule has 9 atom stereocenters. The number of carboxylic acids is 1. The van der Waals surface area contributed by atoms with Gasteiger partial charge in [-0.15, -0.1) is 10.2 Å². The molecule has 2 aromatic heterocycles. The number of carboxylic acid groups (broad SMARTS) is 1. The molecule has 21 heteroatoms. The molecule has 0 saturated heterocycles. The number of H-pyrrole nitrogens is 2. The number of fused-ring (bicyclic) bond motifs is 9. The van der Waals surface area contributed by atoms with E-state index in [4.69, 9.17) is 16.6 Å². The van der Waals surface area contributed by atoms with Crippen molar-refractivity contribution in [2.45, 2.75) is 94.7 Å². The number of aromatic amines is 2. The third-order valence-electron chi connectivity index (χ3n) is 15.0. The Morgan fingerprint density at radius 1 is 0.551 bits per heavy atom. The lowest BCUT2D eigenvalue weighted by Gasteiger charge is -2.15. The molecule has 8 N–H and O–H groups in total. The van der Waals surface area contributed by atoms with Gasteiger partial charge in [0.25, 0.3) is 11.7 Å². The maximum absolute atomic E-state index is 14.2. The summed E-state index contributed by atoms with van der Waals surface area (Å²) in [5, 5.41) is 24.2. The lowest BCUT2D eigenvalue weighted by Crippen LogP contribution is -2.43. The summed E-state index contributed by atoms with van der Waals surface area (Å²) in [7, 11) is 0. The number of nitrogens with two attached hydrogens (primary N) is 2. The number of nitrogens with zero attached hydrogens (tertiary/aromatic N) is 4. The number of hydrogen-bond donors (Lipinski definition) is 6. The fourth-order valence-electron chi connectivity index (χ4n) is 10.8. The van der Waals surface area contributed by atoms with Crippen LogP contribution in [-0.4, -0.2) is 82.8 Å². The second-order valence-corrected chi connectivity index (χ2v) is 20.2. The van der Waals surface area contributed by atoms with Gasteiger partial charge in [-0.25, -0.2) is 41.1 Å². The average Bonchev–Trinajstić information content (AvgIpc) is 4.41. The molecule has 3 fully saturated rings. The topological polar surface area (TPSA) is 253 Å². The van der Waals surface area contributed by atoms with Crippen LogP contribution in [0.25, 0.3) is 0 Å². The SMILES string of the molecule is C.N[C@@H]1C(=O)Cc2c(F)cc(F)cc2[C@@H]2CC12.N[C@@H]1C(=O)Cc2c(F)cc(F)cc2[C@@H]2CC12.O=C(N[C@@H]1C(=O)Cc2c(F)cc(F)cc2[C@@H]2CC12)c1n[nH]c(Cc2ccccc2)n1.O=C(O)c1n[nH]c(Cc2ccccc2)n1. The first-order valence-electron chi connectivity index (χ1n) is 24.9. The van der Waals surface area contributed by atoms with Crippen LogP contribution in [-0.2, 0) is 46.5 Å². The molecule has 6 aliphatic carbocycles. The van der Waals surface area contributed by atoms with Crippen LogP contribution in [0.3, 0.4) is 0 Å². The van der Waals surface area contributed by atoms with E-state index in [0.29, 0.717) is 58.7 Å². The zero-order valence-corrected chi connectivity index (χ0v) is 40.8. The van der Waals surface area contributed by atoms with Crippen LogP contribution in [0.4, 0.5) is 26.3 Å². The Labute approximate surface area is 442 Å². The van der Waals surface area contributed by atoms with Crippen molar-refractivity contribution in [3.8, 4) is 0 Å². The predicted octanol–water partition coefficient (Wildman–Crippen LogP) is 7.47. The molecule has 404 valence electrons. The lowest BCUT2D eigenvalue weighted by molar-refractivity contribution is -0.121. The monoisotopic (exact) mass is 1070 g/mol. The van der Waals surface area contributed by atoms with E-state index in [1.807, 2.05) is 60.7 Å². The number of aromatic carboxylic acids is 1. The summed E-state index contributed by atoms with van der Waals surface area (Å²) in [6.07, 6.45) is 3.00. The number of amides is 1. The Morgan fingerprint density at radius 2 is 0.923 bits per heavy atom. The molecule has 13 rings (SSSR count). The average molecular weight is 1070 g/mol. The van der Waals surface area contributed by atoms with Crippen molar-refractivity contribution < 1.29 is 55.4 Å². The number of carbonyl (C=O) groups excluding carboxylic acids is 4. The molecule has 6 aliphatic rings. The summed E-state index contributed by atoms with van der Waals surface area (Å²) < 4.78 is 81.2. The Morgan fingerprint density at radius 3 is 1.33 bits per heavy atom. The van der Waals surface area contributed by atoms with E-state index in [1.165, 1.54) is 18.2 Å². The van der Waals surface area contributed by atoms with Crippen molar-refractivity contribution >= 4 is 29.2 Å². The lowest BCUT2D eigenvalue weighted by atomic mass is 9.99. The Balaban J connectivity index is 0.000000133. The summed E-state index contributed by atoms with van der Waals surface area (Å²) in [4.78, 5) is 67.3. The molecule has 3 unspecified atom stereocenters. The van der Waals surface area contributed by atoms with Gasteiger partial charge in [-0.1, -0.05) is 68.1 Å². The molecule has 1 amide bonds. The molecule has 5 aromatic carbocycles. The van der Waals surface area contributed by atoms with Gasteiger partial charge < -0.3 is 21.9 Å². The highest BCUT2D eigenvalue weighted by Crippen LogP contribution is 2.55. The molecular formula is C57H53F6N9O6. The first-order valence-corrected chi connectivity index (χ1v) is 24.9. The smallest absolute Gasteiger partial charge is 0.375 e. The van der Waals surface area contributed by atoms with Crippen molar-refractivity contribution in [2.24, 2.45) is 29.2 Å². The van der Waals surface area contributed by atoms with Crippen molar-refractivity contribution in [3.05, 3.63) is 200 Å². The molecule has 0 radical (unpaired) electrons. The molecule has 0 bridgehead atoms. The van der Waals surface area contributed by atoms with Gasteiger partial charge in [0.2, 0.25) is 5.82 Å². The molecule has 0 aliphatic heterocycles. The van der Waals surface area contributed by atoms with Crippen molar-refractivity contribution in [3.63, 3.8) is 0 Å². The van der Waals surface area contributed by atoms with Crippen LogP contribution in [0, 0.1) is 52.7 Å². The fourth-order valence-corrected chi connectivity index (χ4v) is 10.8. The number of hydrogen-bond acceptors (Lipinski definition) is 11. The van der Waals surface area contributed by atoms with Gasteiger partial charge in [0.1, 0.15) is 46.6 Å². The van der Waals surface area contributed by atoms with E-state index in [-0.39, 0.29) is 96.8 Å². The number of halogens is 6. The van der Waals surface area contributed by atoms with Gasteiger partial charge in [0, 0.05) is 50.3 Å². The number of carbonyl (C=O) groups is 5. The molecule has 3 saturated carbocycles. The zero-order valence-electron chi connectivity index (χ0n) is 40.8. The molecule has 0 spiro atoms. The maximum atomic E-state index is 14.2. The number of rotatable bonds is 7. The van der Waals surface area contributed by atoms with Gasteiger partial charge in [-0.3, -0.25) is 29.4 Å².